The maximum atomic E-state index is 12.6. The lowest BCUT2D eigenvalue weighted by Gasteiger charge is -2.12. The number of sulfone groups is 1. The molecule has 2 aromatic rings. The van der Waals surface area contributed by atoms with Gasteiger partial charge in [0, 0.05) is 5.69 Å². The summed E-state index contributed by atoms with van der Waals surface area (Å²) in [6.45, 7) is 0. The van der Waals surface area contributed by atoms with E-state index in [1.165, 1.54) is 12.3 Å². The molecule has 1 aliphatic carbocycles. The molecule has 1 amide bonds. The van der Waals surface area contributed by atoms with Crippen LogP contribution in [0.5, 0.6) is 0 Å². The number of hydrogen-bond donors (Lipinski definition) is 1. The number of nitrogens with one attached hydrogen (secondary N) is 1. The van der Waals surface area contributed by atoms with Crippen LogP contribution in [-0.4, -0.2) is 19.6 Å². The zero-order valence-electron chi connectivity index (χ0n) is 12.0. The van der Waals surface area contributed by atoms with Crippen LogP contribution in [0.1, 0.15) is 36.2 Å². The van der Waals surface area contributed by atoms with Gasteiger partial charge < -0.3 is 9.73 Å². The van der Waals surface area contributed by atoms with Crippen molar-refractivity contribution in [3.63, 3.8) is 0 Å². The van der Waals surface area contributed by atoms with Gasteiger partial charge in [0.15, 0.2) is 15.6 Å². The first-order valence-electron chi connectivity index (χ1n) is 7.26. The molecule has 0 aliphatic heterocycles. The van der Waals surface area contributed by atoms with Crippen molar-refractivity contribution in [2.75, 3.05) is 5.32 Å². The van der Waals surface area contributed by atoms with Crippen LogP contribution < -0.4 is 5.32 Å². The Morgan fingerprint density at radius 3 is 2.59 bits per heavy atom. The number of rotatable bonds is 4. The minimum atomic E-state index is -3.33. The molecule has 1 saturated carbocycles. The van der Waals surface area contributed by atoms with E-state index in [4.69, 9.17) is 4.42 Å². The second kappa shape index (κ2) is 5.96. The van der Waals surface area contributed by atoms with Gasteiger partial charge in [0.25, 0.3) is 5.91 Å². The largest absolute Gasteiger partial charge is 0.459 e. The number of benzene rings is 1. The predicted octanol–water partition coefficient (Wildman–Crippen LogP) is 3.25. The molecule has 0 saturated heterocycles. The molecule has 0 bridgehead atoms. The molecule has 1 fully saturated rings. The lowest BCUT2D eigenvalue weighted by atomic mass is 10.3. The van der Waals surface area contributed by atoms with Crippen molar-refractivity contribution in [1.82, 2.24) is 0 Å². The second-order valence-electron chi connectivity index (χ2n) is 5.41. The average Bonchev–Trinajstić information content (AvgIpc) is 3.21. The molecule has 0 atom stereocenters. The summed E-state index contributed by atoms with van der Waals surface area (Å²) in [5.41, 5.74) is 0.445. The Bertz CT molecular complexity index is 759. The molecule has 1 aromatic heterocycles. The number of furan rings is 1. The van der Waals surface area contributed by atoms with Crippen LogP contribution in [0.15, 0.2) is 52.0 Å². The first-order chi connectivity index (χ1) is 10.6. The number of carbonyl (C=O) groups excluding carboxylic acids is 1. The first kappa shape index (κ1) is 14.8. The van der Waals surface area contributed by atoms with Crippen LogP contribution in [0.3, 0.4) is 0 Å². The van der Waals surface area contributed by atoms with Gasteiger partial charge in [-0.1, -0.05) is 18.9 Å². The van der Waals surface area contributed by atoms with Crippen LogP contribution in [0.4, 0.5) is 5.69 Å². The summed E-state index contributed by atoms with van der Waals surface area (Å²) in [5.74, 6) is -0.218. The molecular weight excluding hydrogens is 302 g/mol. The summed E-state index contributed by atoms with van der Waals surface area (Å²) in [7, 11) is -3.33. The first-order valence-corrected chi connectivity index (χ1v) is 8.81. The van der Waals surface area contributed by atoms with Crippen LogP contribution >= 0.6 is 0 Å². The van der Waals surface area contributed by atoms with Gasteiger partial charge in [-0.2, -0.15) is 0 Å². The predicted molar refractivity (Wildman–Crippen MR) is 82.5 cm³/mol. The summed E-state index contributed by atoms with van der Waals surface area (Å²) in [6, 6.07) is 9.56. The molecule has 1 heterocycles. The van der Waals surface area contributed by atoms with E-state index in [9.17, 15) is 13.2 Å². The fraction of sp³-hybridized carbons (Fsp3) is 0.312. The number of anilines is 1. The van der Waals surface area contributed by atoms with Crippen molar-refractivity contribution in [2.24, 2.45) is 0 Å². The van der Waals surface area contributed by atoms with E-state index < -0.39 is 15.7 Å². The van der Waals surface area contributed by atoms with Crippen LogP contribution in [0, 0.1) is 0 Å². The number of hydrogen-bond acceptors (Lipinski definition) is 4. The minimum absolute atomic E-state index is 0.184. The molecule has 0 spiro atoms. The Morgan fingerprint density at radius 1 is 1.14 bits per heavy atom. The summed E-state index contributed by atoms with van der Waals surface area (Å²) >= 11 is 0. The highest BCUT2D eigenvalue weighted by molar-refractivity contribution is 7.92. The molecule has 1 aliphatic rings. The summed E-state index contributed by atoms with van der Waals surface area (Å²) in [6.07, 6.45) is 4.75. The maximum Gasteiger partial charge on any atom is 0.291 e. The Kier molecular flexibility index (Phi) is 4.02. The van der Waals surface area contributed by atoms with E-state index >= 15 is 0 Å². The lowest BCUT2D eigenvalue weighted by Crippen LogP contribution is -2.18. The number of amides is 1. The fourth-order valence-corrected chi connectivity index (χ4v) is 4.64. The molecule has 3 rings (SSSR count). The van der Waals surface area contributed by atoms with Crippen molar-refractivity contribution in [3.05, 3.63) is 48.4 Å². The molecule has 116 valence electrons. The van der Waals surface area contributed by atoms with Gasteiger partial charge in [-0.15, -0.1) is 0 Å². The normalized spacial score (nSPS) is 15.8. The van der Waals surface area contributed by atoms with Crippen molar-refractivity contribution in [2.45, 2.75) is 35.8 Å². The smallest absolute Gasteiger partial charge is 0.291 e. The van der Waals surface area contributed by atoms with E-state index in [-0.39, 0.29) is 15.9 Å². The second-order valence-corrected chi connectivity index (χ2v) is 7.64. The van der Waals surface area contributed by atoms with Gasteiger partial charge in [-0.25, -0.2) is 8.42 Å². The summed E-state index contributed by atoms with van der Waals surface area (Å²) in [5, 5.41) is 2.35. The van der Waals surface area contributed by atoms with E-state index in [1.807, 2.05) is 0 Å². The van der Waals surface area contributed by atoms with Gasteiger partial charge in [-0.05, 0) is 43.2 Å². The average molecular weight is 319 g/mol. The number of carbonyl (C=O) groups is 1. The minimum Gasteiger partial charge on any atom is -0.459 e. The van der Waals surface area contributed by atoms with Crippen molar-refractivity contribution < 1.29 is 17.6 Å². The highest BCUT2D eigenvalue weighted by Crippen LogP contribution is 2.30. The van der Waals surface area contributed by atoms with Crippen molar-refractivity contribution in [1.29, 1.82) is 0 Å². The monoisotopic (exact) mass is 319 g/mol. The van der Waals surface area contributed by atoms with Crippen molar-refractivity contribution in [3.8, 4) is 0 Å². The van der Waals surface area contributed by atoms with Gasteiger partial charge in [0.1, 0.15) is 0 Å². The van der Waals surface area contributed by atoms with E-state index in [0.717, 1.165) is 12.8 Å². The zero-order valence-corrected chi connectivity index (χ0v) is 12.8. The molecule has 1 N–H and O–H groups in total. The van der Waals surface area contributed by atoms with Crippen molar-refractivity contribution >= 4 is 21.4 Å². The Hall–Kier alpha value is -2.08. The molecule has 0 radical (unpaired) electrons. The third kappa shape index (κ3) is 2.92. The van der Waals surface area contributed by atoms with Gasteiger partial charge in [0.2, 0.25) is 0 Å². The standard InChI is InChI=1S/C16H17NO4S/c18-16(15-9-4-10-21-15)17-12-5-3-8-14(11-12)22(19,20)13-6-1-2-7-13/h3-5,8-11,13H,1-2,6-7H2,(H,17,18). The quantitative estimate of drug-likeness (QED) is 0.938. The van der Waals surface area contributed by atoms with E-state index in [1.54, 1.807) is 30.3 Å². The third-order valence-electron chi connectivity index (χ3n) is 3.91. The molecule has 0 unspecified atom stereocenters. The molecule has 6 heteroatoms. The molecule has 22 heavy (non-hydrogen) atoms. The third-order valence-corrected chi connectivity index (χ3v) is 6.17. The van der Waals surface area contributed by atoms with Gasteiger partial charge in [-0.3, -0.25) is 4.79 Å². The topological polar surface area (TPSA) is 76.4 Å². The zero-order chi connectivity index (χ0) is 15.6. The molecule has 5 nitrogen and oxygen atoms in total. The van der Waals surface area contributed by atoms with Crippen LogP contribution in [-0.2, 0) is 9.84 Å². The summed E-state index contributed by atoms with van der Waals surface area (Å²) < 4.78 is 30.2. The summed E-state index contributed by atoms with van der Waals surface area (Å²) in [4.78, 5) is 12.2. The maximum absolute atomic E-state index is 12.6. The van der Waals surface area contributed by atoms with E-state index in [0.29, 0.717) is 18.5 Å². The highest BCUT2D eigenvalue weighted by Gasteiger charge is 2.30. The molecular formula is C16H17NO4S. The highest BCUT2D eigenvalue weighted by atomic mass is 32.2. The lowest BCUT2D eigenvalue weighted by molar-refractivity contribution is 0.0996. The van der Waals surface area contributed by atoms with Crippen LogP contribution in [0.25, 0.3) is 0 Å². The van der Waals surface area contributed by atoms with Gasteiger partial charge in [0.05, 0.1) is 16.4 Å². The van der Waals surface area contributed by atoms with E-state index in [2.05, 4.69) is 5.32 Å². The Balaban J connectivity index is 1.82. The fourth-order valence-electron chi connectivity index (χ4n) is 2.74. The van der Waals surface area contributed by atoms with Crippen LogP contribution in [0.2, 0.25) is 0 Å². The Labute approximate surface area is 129 Å². The molecule has 1 aromatic carbocycles. The SMILES string of the molecule is O=C(Nc1cccc(S(=O)(=O)C2CCCC2)c1)c1ccco1. The Morgan fingerprint density at radius 2 is 1.91 bits per heavy atom. The van der Waals surface area contributed by atoms with Gasteiger partial charge >= 0.3 is 0 Å².